The molecular formula is C24H20FN3O2. The Labute approximate surface area is 174 Å². The lowest BCUT2D eigenvalue weighted by Gasteiger charge is -2.17. The summed E-state index contributed by atoms with van der Waals surface area (Å²) >= 11 is 0. The first-order chi connectivity index (χ1) is 14.6. The Morgan fingerprint density at radius 1 is 0.967 bits per heavy atom. The van der Waals surface area contributed by atoms with Gasteiger partial charge < -0.3 is 9.64 Å². The molecule has 0 spiro atoms. The highest BCUT2D eigenvalue weighted by Gasteiger charge is 2.23. The van der Waals surface area contributed by atoms with Crippen molar-refractivity contribution in [3.63, 3.8) is 0 Å². The zero-order valence-corrected chi connectivity index (χ0v) is 16.6. The van der Waals surface area contributed by atoms with E-state index >= 15 is 0 Å². The molecule has 4 rings (SSSR count). The van der Waals surface area contributed by atoms with Gasteiger partial charge in [-0.3, -0.25) is 4.79 Å². The summed E-state index contributed by atoms with van der Waals surface area (Å²) in [7, 11) is 3.15. The average Bonchev–Trinajstić information content (AvgIpc) is 3.24. The first kappa shape index (κ1) is 19.4. The van der Waals surface area contributed by atoms with Gasteiger partial charge in [0.25, 0.3) is 5.91 Å². The Morgan fingerprint density at radius 3 is 2.30 bits per heavy atom. The summed E-state index contributed by atoms with van der Waals surface area (Å²) in [4.78, 5) is 14.6. The number of amides is 1. The van der Waals surface area contributed by atoms with Crippen LogP contribution in [0.1, 0.15) is 10.4 Å². The number of para-hydroxylation sites is 2. The summed E-state index contributed by atoms with van der Waals surface area (Å²) < 4.78 is 21.1. The molecule has 0 N–H and O–H groups in total. The maximum atomic E-state index is 14.3. The van der Waals surface area contributed by atoms with Crippen molar-refractivity contribution in [3.8, 4) is 22.7 Å². The molecule has 0 unspecified atom stereocenters. The minimum atomic E-state index is -0.463. The number of carbonyl (C=O) groups is 1. The molecule has 150 valence electrons. The molecule has 3 aromatic carbocycles. The average molecular weight is 401 g/mol. The molecule has 0 saturated carbocycles. The molecule has 1 amide bonds. The topological polar surface area (TPSA) is 47.4 Å². The van der Waals surface area contributed by atoms with Gasteiger partial charge in [0.2, 0.25) is 0 Å². The summed E-state index contributed by atoms with van der Waals surface area (Å²) in [5, 5.41) is 4.66. The number of benzene rings is 3. The lowest BCUT2D eigenvalue weighted by molar-refractivity contribution is 0.0993. The number of hydrogen-bond acceptors (Lipinski definition) is 3. The van der Waals surface area contributed by atoms with Crippen LogP contribution in [-0.2, 0) is 0 Å². The first-order valence-electron chi connectivity index (χ1n) is 9.40. The van der Waals surface area contributed by atoms with Gasteiger partial charge in [0.15, 0.2) is 0 Å². The Bertz CT molecular complexity index is 1170. The minimum Gasteiger partial charge on any atom is -0.497 e. The molecule has 0 aliphatic carbocycles. The van der Waals surface area contributed by atoms with Gasteiger partial charge in [0.05, 0.1) is 24.0 Å². The van der Waals surface area contributed by atoms with Crippen LogP contribution < -0.4 is 9.64 Å². The van der Waals surface area contributed by atoms with Crippen LogP contribution in [0, 0.1) is 5.82 Å². The number of aromatic nitrogens is 2. The summed E-state index contributed by atoms with van der Waals surface area (Å²) in [6.07, 6.45) is 1.68. The Balaban J connectivity index is 1.81. The van der Waals surface area contributed by atoms with Crippen molar-refractivity contribution >= 4 is 11.6 Å². The molecule has 0 radical (unpaired) electrons. The fraction of sp³-hybridized carbons (Fsp3) is 0.0833. The quantitative estimate of drug-likeness (QED) is 0.475. The van der Waals surface area contributed by atoms with Crippen LogP contribution in [0.2, 0.25) is 0 Å². The monoisotopic (exact) mass is 401 g/mol. The molecule has 0 aliphatic heterocycles. The summed E-state index contributed by atoms with van der Waals surface area (Å²) in [6, 6.07) is 23.0. The number of halogens is 1. The minimum absolute atomic E-state index is 0.204. The standard InChI is InChI=1S/C24H20FN3O2/c1-27(22-11-7-6-10-21(22)25)24(29)20-16-28(18-8-4-3-5-9-18)26-23(20)17-12-14-19(30-2)15-13-17/h3-16H,1-2H3. The van der Waals surface area contributed by atoms with Crippen molar-refractivity contribution in [2.24, 2.45) is 0 Å². The van der Waals surface area contributed by atoms with Crippen molar-refractivity contribution in [1.29, 1.82) is 0 Å². The first-order valence-corrected chi connectivity index (χ1v) is 9.40. The van der Waals surface area contributed by atoms with E-state index < -0.39 is 5.82 Å². The number of hydrogen-bond donors (Lipinski definition) is 0. The molecule has 0 saturated heterocycles. The van der Waals surface area contributed by atoms with Crippen molar-refractivity contribution < 1.29 is 13.9 Å². The summed E-state index contributed by atoms with van der Waals surface area (Å²) in [5.41, 5.74) is 2.66. The largest absolute Gasteiger partial charge is 0.497 e. The predicted molar refractivity (Wildman–Crippen MR) is 115 cm³/mol. The highest BCUT2D eigenvalue weighted by atomic mass is 19.1. The highest BCUT2D eigenvalue weighted by Crippen LogP contribution is 2.28. The van der Waals surface area contributed by atoms with E-state index in [1.54, 1.807) is 43.2 Å². The second-order valence-corrected chi connectivity index (χ2v) is 6.72. The van der Waals surface area contributed by atoms with E-state index in [1.807, 2.05) is 54.6 Å². The lowest BCUT2D eigenvalue weighted by atomic mass is 10.1. The molecule has 4 aromatic rings. The molecule has 1 heterocycles. The second-order valence-electron chi connectivity index (χ2n) is 6.72. The molecule has 1 aromatic heterocycles. The summed E-state index contributed by atoms with van der Waals surface area (Å²) in [5.74, 6) is -0.111. The van der Waals surface area contributed by atoms with Gasteiger partial charge in [0.1, 0.15) is 17.3 Å². The number of carbonyl (C=O) groups excluding carboxylic acids is 1. The van der Waals surface area contributed by atoms with E-state index in [-0.39, 0.29) is 11.6 Å². The number of rotatable bonds is 5. The maximum absolute atomic E-state index is 14.3. The molecular weight excluding hydrogens is 381 g/mol. The van der Waals surface area contributed by atoms with Crippen molar-refractivity contribution in [3.05, 3.63) is 96.4 Å². The van der Waals surface area contributed by atoms with Crippen LogP contribution in [0.4, 0.5) is 10.1 Å². The smallest absolute Gasteiger partial charge is 0.261 e. The van der Waals surface area contributed by atoms with Gasteiger partial charge in [-0.25, -0.2) is 9.07 Å². The summed E-state index contributed by atoms with van der Waals surface area (Å²) in [6.45, 7) is 0. The number of anilines is 1. The van der Waals surface area contributed by atoms with E-state index in [1.165, 1.54) is 11.0 Å². The Kier molecular flexibility index (Phi) is 5.30. The second kappa shape index (κ2) is 8.21. The molecule has 0 aliphatic rings. The third kappa shape index (κ3) is 3.67. The zero-order chi connectivity index (χ0) is 21.1. The van der Waals surface area contributed by atoms with Crippen LogP contribution in [0.25, 0.3) is 16.9 Å². The molecule has 6 heteroatoms. The van der Waals surface area contributed by atoms with Gasteiger partial charge in [-0.05, 0) is 48.5 Å². The van der Waals surface area contributed by atoms with Gasteiger partial charge >= 0.3 is 0 Å². The third-order valence-electron chi connectivity index (χ3n) is 4.85. The van der Waals surface area contributed by atoms with Crippen molar-refractivity contribution in [2.75, 3.05) is 19.1 Å². The van der Waals surface area contributed by atoms with Gasteiger partial charge in [-0.2, -0.15) is 5.10 Å². The zero-order valence-electron chi connectivity index (χ0n) is 16.6. The van der Waals surface area contributed by atoms with E-state index in [0.717, 1.165) is 11.3 Å². The fourth-order valence-electron chi connectivity index (χ4n) is 3.22. The van der Waals surface area contributed by atoms with E-state index in [9.17, 15) is 9.18 Å². The van der Waals surface area contributed by atoms with Crippen LogP contribution in [-0.4, -0.2) is 29.8 Å². The van der Waals surface area contributed by atoms with E-state index in [4.69, 9.17) is 4.74 Å². The van der Waals surface area contributed by atoms with Gasteiger partial charge in [0, 0.05) is 18.8 Å². The number of methoxy groups -OCH3 is 1. The van der Waals surface area contributed by atoms with Crippen LogP contribution >= 0.6 is 0 Å². The van der Waals surface area contributed by atoms with Gasteiger partial charge in [-0.1, -0.05) is 30.3 Å². The Hall–Kier alpha value is -3.93. The van der Waals surface area contributed by atoms with Crippen LogP contribution in [0.15, 0.2) is 85.1 Å². The predicted octanol–water partition coefficient (Wildman–Crippen LogP) is 4.96. The van der Waals surface area contributed by atoms with Crippen molar-refractivity contribution in [2.45, 2.75) is 0 Å². The Morgan fingerprint density at radius 2 is 1.63 bits per heavy atom. The lowest BCUT2D eigenvalue weighted by Crippen LogP contribution is -2.27. The fourth-order valence-corrected chi connectivity index (χ4v) is 3.22. The van der Waals surface area contributed by atoms with Crippen LogP contribution in [0.3, 0.4) is 0 Å². The normalized spacial score (nSPS) is 10.6. The third-order valence-corrected chi connectivity index (χ3v) is 4.85. The van der Waals surface area contributed by atoms with E-state index in [2.05, 4.69) is 5.10 Å². The number of nitrogens with zero attached hydrogens (tertiary/aromatic N) is 3. The van der Waals surface area contributed by atoms with Gasteiger partial charge in [-0.15, -0.1) is 0 Å². The van der Waals surface area contributed by atoms with E-state index in [0.29, 0.717) is 17.0 Å². The van der Waals surface area contributed by atoms with Crippen molar-refractivity contribution in [1.82, 2.24) is 9.78 Å². The SMILES string of the molecule is COc1ccc(-c2nn(-c3ccccc3)cc2C(=O)N(C)c2ccccc2F)cc1. The maximum Gasteiger partial charge on any atom is 0.261 e. The molecule has 5 nitrogen and oxygen atoms in total. The molecule has 0 fully saturated rings. The number of ether oxygens (including phenoxy) is 1. The van der Waals surface area contributed by atoms with Crippen LogP contribution in [0.5, 0.6) is 5.75 Å². The highest BCUT2D eigenvalue weighted by molar-refractivity contribution is 6.09. The molecule has 0 bridgehead atoms. The molecule has 30 heavy (non-hydrogen) atoms. The molecule has 0 atom stereocenters.